The van der Waals surface area contributed by atoms with Gasteiger partial charge in [0.05, 0.1) is 37.4 Å². The SMILES string of the molecule is N#Cc1cnn2cc(N3CCOCC3)cc(OC3CCC(Oc4ncccn4)CC3)c12. The van der Waals surface area contributed by atoms with Crippen molar-refractivity contribution in [3.05, 3.63) is 42.5 Å². The second kappa shape index (κ2) is 8.78. The second-order valence-corrected chi connectivity index (χ2v) is 7.79. The smallest absolute Gasteiger partial charge is 0.316 e. The number of ether oxygens (including phenoxy) is 3. The highest BCUT2D eigenvalue weighted by Crippen LogP contribution is 2.33. The highest BCUT2D eigenvalue weighted by atomic mass is 16.5. The molecule has 0 unspecified atom stereocenters. The molecule has 3 aromatic heterocycles. The maximum atomic E-state index is 9.53. The summed E-state index contributed by atoms with van der Waals surface area (Å²) in [5.74, 6) is 0.703. The van der Waals surface area contributed by atoms with Gasteiger partial charge in [-0.25, -0.2) is 14.5 Å². The van der Waals surface area contributed by atoms with Crippen molar-refractivity contribution in [2.75, 3.05) is 31.2 Å². The summed E-state index contributed by atoms with van der Waals surface area (Å²) in [6.07, 6.45) is 10.5. The normalized spacial score (nSPS) is 21.6. The predicted molar refractivity (Wildman–Crippen MR) is 112 cm³/mol. The molecule has 1 saturated carbocycles. The molecule has 160 valence electrons. The molecular weight excluding hydrogens is 396 g/mol. The molecule has 0 N–H and O–H groups in total. The lowest BCUT2D eigenvalue weighted by Crippen LogP contribution is -2.36. The Kier molecular flexibility index (Phi) is 5.54. The first-order valence-electron chi connectivity index (χ1n) is 10.6. The lowest BCUT2D eigenvalue weighted by molar-refractivity contribution is 0.0755. The van der Waals surface area contributed by atoms with Crippen LogP contribution in [0.3, 0.4) is 0 Å². The fourth-order valence-electron chi connectivity index (χ4n) is 4.18. The zero-order valence-corrected chi connectivity index (χ0v) is 17.2. The molecule has 1 aliphatic carbocycles. The minimum atomic E-state index is 0.0572. The van der Waals surface area contributed by atoms with Gasteiger partial charge in [0.2, 0.25) is 0 Å². The van der Waals surface area contributed by atoms with E-state index in [1.807, 2.05) is 12.3 Å². The summed E-state index contributed by atoms with van der Waals surface area (Å²) >= 11 is 0. The number of morpholine rings is 1. The molecule has 4 heterocycles. The van der Waals surface area contributed by atoms with E-state index in [1.54, 1.807) is 29.2 Å². The minimum Gasteiger partial charge on any atom is -0.488 e. The number of aromatic nitrogens is 4. The van der Waals surface area contributed by atoms with Gasteiger partial charge in [-0.1, -0.05) is 0 Å². The number of pyridine rings is 1. The number of nitriles is 1. The van der Waals surface area contributed by atoms with Crippen molar-refractivity contribution in [3.63, 3.8) is 0 Å². The molecule has 9 nitrogen and oxygen atoms in total. The average Bonchev–Trinajstić information content (AvgIpc) is 3.25. The van der Waals surface area contributed by atoms with Crippen LogP contribution in [0.15, 0.2) is 36.9 Å². The Hall–Kier alpha value is -3.38. The molecule has 3 aromatic rings. The molecule has 0 bridgehead atoms. The third kappa shape index (κ3) is 4.25. The van der Waals surface area contributed by atoms with Crippen LogP contribution in [-0.2, 0) is 4.74 Å². The zero-order chi connectivity index (χ0) is 21.0. The largest absolute Gasteiger partial charge is 0.488 e. The van der Waals surface area contributed by atoms with E-state index in [2.05, 4.69) is 26.0 Å². The van der Waals surface area contributed by atoms with Crippen molar-refractivity contribution >= 4 is 11.2 Å². The number of rotatable bonds is 5. The number of nitrogens with zero attached hydrogens (tertiary/aromatic N) is 6. The maximum Gasteiger partial charge on any atom is 0.316 e. The summed E-state index contributed by atoms with van der Waals surface area (Å²) in [6.45, 7) is 3.04. The zero-order valence-electron chi connectivity index (χ0n) is 17.2. The van der Waals surface area contributed by atoms with Crippen molar-refractivity contribution in [2.24, 2.45) is 0 Å². The Morgan fingerprint density at radius 2 is 1.74 bits per heavy atom. The highest BCUT2D eigenvalue weighted by Gasteiger charge is 2.26. The molecule has 1 aliphatic heterocycles. The van der Waals surface area contributed by atoms with Crippen LogP contribution in [0.2, 0.25) is 0 Å². The van der Waals surface area contributed by atoms with Crippen LogP contribution in [-0.4, -0.2) is 58.1 Å². The average molecular weight is 420 g/mol. The molecule has 0 aromatic carbocycles. The highest BCUT2D eigenvalue weighted by molar-refractivity contribution is 5.72. The molecule has 1 saturated heterocycles. The Balaban J connectivity index is 1.32. The lowest BCUT2D eigenvalue weighted by Gasteiger charge is -2.31. The van der Waals surface area contributed by atoms with E-state index in [0.717, 1.165) is 50.0 Å². The summed E-state index contributed by atoms with van der Waals surface area (Å²) in [6, 6.07) is 6.46. The summed E-state index contributed by atoms with van der Waals surface area (Å²) in [4.78, 5) is 10.5. The van der Waals surface area contributed by atoms with Gasteiger partial charge < -0.3 is 19.1 Å². The van der Waals surface area contributed by atoms with Gasteiger partial charge in [0, 0.05) is 31.5 Å². The summed E-state index contributed by atoms with van der Waals surface area (Å²) in [5, 5.41) is 13.9. The Labute approximate surface area is 180 Å². The predicted octanol–water partition coefficient (Wildman–Crippen LogP) is 2.60. The standard InChI is InChI=1S/C22H24N6O3/c23-13-16-14-26-28-15-17(27-8-10-29-11-9-27)12-20(21(16)28)30-18-2-4-19(5-3-18)31-22-24-6-1-7-25-22/h1,6-7,12,14-15,18-19H,2-5,8-11H2. The summed E-state index contributed by atoms with van der Waals surface area (Å²) < 4.78 is 19.6. The molecule has 2 aliphatic rings. The van der Waals surface area contributed by atoms with E-state index in [0.29, 0.717) is 30.5 Å². The van der Waals surface area contributed by atoms with E-state index in [4.69, 9.17) is 14.2 Å². The van der Waals surface area contributed by atoms with E-state index in [9.17, 15) is 5.26 Å². The van der Waals surface area contributed by atoms with Crippen LogP contribution in [0.4, 0.5) is 5.69 Å². The van der Waals surface area contributed by atoms with Crippen molar-refractivity contribution in [1.82, 2.24) is 19.6 Å². The maximum absolute atomic E-state index is 9.53. The van der Waals surface area contributed by atoms with Crippen LogP contribution < -0.4 is 14.4 Å². The van der Waals surface area contributed by atoms with Crippen LogP contribution in [0.1, 0.15) is 31.2 Å². The molecule has 0 atom stereocenters. The first kappa shape index (κ1) is 19.6. The Morgan fingerprint density at radius 3 is 2.45 bits per heavy atom. The topological polar surface area (TPSA) is 97.8 Å². The molecule has 9 heteroatoms. The molecule has 2 fully saturated rings. The van der Waals surface area contributed by atoms with Gasteiger partial charge in [-0.3, -0.25) is 0 Å². The molecular formula is C22H24N6O3. The van der Waals surface area contributed by atoms with Gasteiger partial charge >= 0.3 is 6.01 Å². The summed E-state index contributed by atoms with van der Waals surface area (Å²) in [5.41, 5.74) is 2.26. The number of fused-ring (bicyclic) bond motifs is 1. The summed E-state index contributed by atoms with van der Waals surface area (Å²) in [7, 11) is 0. The quantitative estimate of drug-likeness (QED) is 0.621. The first-order valence-corrected chi connectivity index (χ1v) is 10.6. The fraction of sp³-hybridized carbons (Fsp3) is 0.455. The monoisotopic (exact) mass is 420 g/mol. The minimum absolute atomic E-state index is 0.0572. The van der Waals surface area contributed by atoms with Crippen molar-refractivity contribution in [3.8, 4) is 17.8 Å². The van der Waals surface area contributed by atoms with Crippen LogP contribution >= 0.6 is 0 Å². The van der Waals surface area contributed by atoms with Gasteiger partial charge in [0.15, 0.2) is 0 Å². The van der Waals surface area contributed by atoms with Crippen LogP contribution in [0.25, 0.3) is 5.52 Å². The van der Waals surface area contributed by atoms with Crippen molar-refractivity contribution in [1.29, 1.82) is 5.26 Å². The number of hydrogen-bond acceptors (Lipinski definition) is 8. The van der Waals surface area contributed by atoms with Gasteiger partial charge in [0.1, 0.15) is 29.0 Å². The lowest BCUT2D eigenvalue weighted by atomic mass is 9.95. The van der Waals surface area contributed by atoms with E-state index < -0.39 is 0 Å². The first-order chi connectivity index (χ1) is 15.3. The molecule has 31 heavy (non-hydrogen) atoms. The van der Waals surface area contributed by atoms with Gasteiger partial charge in [-0.05, 0) is 31.7 Å². The van der Waals surface area contributed by atoms with Gasteiger partial charge in [-0.15, -0.1) is 0 Å². The van der Waals surface area contributed by atoms with E-state index >= 15 is 0 Å². The molecule has 0 spiro atoms. The third-order valence-electron chi connectivity index (χ3n) is 5.79. The van der Waals surface area contributed by atoms with Crippen molar-refractivity contribution in [2.45, 2.75) is 37.9 Å². The Morgan fingerprint density at radius 1 is 1.03 bits per heavy atom. The molecule has 0 amide bonds. The molecule has 0 radical (unpaired) electrons. The van der Waals surface area contributed by atoms with Crippen LogP contribution in [0, 0.1) is 11.3 Å². The van der Waals surface area contributed by atoms with E-state index in [-0.39, 0.29) is 12.2 Å². The number of anilines is 1. The van der Waals surface area contributed by atoms with Gasteiger partial charge in [-0.2, -0.15) is 10.4 Å². The number of hydrogen-bond donors (Lipinski definition) is 0. The van der Waals surface area contributed by atoms with E-state index in [1.165, 1.54) is 0 Å². The van der Waals surface area contributed by atoms with Gasteiger partial charge in [0.25, 0.3) is 0 Å². The second-order valence-electron chi connectivity index (χ2n) is 7.79. The van der Waals surface area contributed by atoms with Crippen molar-refractivity contribution < 1.29 is 14.2 Å². The molecule has 5 rings (SSSR count). The van der Waals surface area contributed by atoms with Crippen LogP contribution in [0.5, 0.6) is 11.8 Å². The fourth-order valence-corrected chi connectivity index (χ4v) is 4.18. The third-order valence-corrected chi connectivity index (χ3v) is 5.79. The Bertz CT molecular complexity index is 1070.